The summed E-state index contributed by atoms with van der Waals surface area (Å²) in [4.78, 5) is 14.3. The summed E-state index contributed by atoms with van der Waals surface area (Å²) < 4.78 is 25.9. The number of sulfone groups is 1. The molecule has 4 fully saturated rings. The van der Waals surface area contributed by atoms with Crippen molar-refractivity contribution in [1.82, 2.24) is 4.90 Å². The second-order valence-electron chi connectivity index (χ2n) is 10.5. The van der Waals surface area contributed by atoms with Crippen LogP contribution in [0.15, 0.2) is 0 Å². The van der Waals surface area contributed by atoms with Gasteiger partial charge in [0.25, 0.3) is 0 Å². The summed E-state index contributed by atoms with van der Waals surface area (Å²) in [6.07, 6.45) is 9.15. The van der Waals surface area contributed by atoms with Gasteiger partial charge in [-0.05, 0) is 66.6 Å². The third-order valence-corrected chi connectivity index (χ3v) is 10.9. The molecule has 0 aromatic carbocycles. The highest BCUT2D eigenvalue weighted by molar-refractivity contribution is 7.91. The van der Waals surface area contributed by atoms with E-state index in [-0.39, 0.29) is 23.3 Å². The molecule has 3 aliphatic carbocycles. The van der Waals surface area contributed by atoms with Gasteiger partial charge in [-0.2, -0.15) is 0 Å². The molecule has 5 heteroatoms. The van der Waals surface area contributed by atoms with Crippen molar-refractivity contribution in [3.63, 3.8) is 0 Å². The summed E-state index contributed by atoms with van der Waals surface area (Å²) in [6, 6.07) is -0.166. The SMILES string of the molecule is CC1C(S(C)(=O)=O)C2N(C)C(=O)CC[C@]2(C)[C@@H]2CC[C@]3(C)CCC[C@H]3[C@H]12. The molecular weight excluding hydrogens is 346 g/mol. The van der Waals surface area contributed by atoms with E-state index in [0.29, 0.717) is 29.6 Å². The van der Waals surface area contributed by atoms with Gasteiger partial charge < -0.3 is 4.90 Å². The minimum absolute atomic E-state index is 0.0719. The number of nitrogens with zero attached hydrogens (tertiary/aromatic N) is 1. The minimum Gasteiger partial charge on any atom is -0.341 e. The molecule has 148 valence electrons. The van der Waals surface area contributed by atoms with Crippen molar-refractivity contribution in [3.8, 4) is 0 Å². The maximum atomic E-state index is 13.0. The van der Waals surface area contributed by atoms with E-state index in [1.54, 1.807) is 0 Å². The number of hydrogen-bond acceptors (Lipinski definition) is 3. The average molecular weight is 382 g/mol. The van der Waals surface area contributed by atoms with Gasteiger partial charge >= 0.3 is 0 Å². The van der Waals surface area contributed by atoms with Crippen molar-refractivity contribution in [2.45, 2.75) is 77.0 Å². The fourth-order valence-electron chi connectivity index (χ4n) is 8.12. The van der Waals surface area contributed by atoms with Crippen LogP contribution in [0.4, 0.5) is 0 Å². The van der Waals surface area contributed by atoms with Crippen molar-refractivity contribution >= 4 is 15.7 Å². The van der Waals surface area contributed by atoms with Crippen LogP contribution in [0.2, 0.25) is 0 Å². The number of fused-ring (bicyclic) bond motifs is 5. The highest BCUT2D eigenvalue weighted by atomic mass is 32.2. The number of carbonyl (C=O) groups is 1. The van der Waals surface area contributed by atoms with Gasteiger partial charge in [0.15, 0.2) is 9.84 Å². The van der Waals surface area contributed by atoms with Crippen molar-refractivity contribution in [2.24, 2.45) is 34.5 Å². The molecule has 1 heterocycles. The summed E-state index contributed by atoms with van der Waals surface area (Å²) in [6.45, 7) is 6.94. The fourth-order valence-corrected chi connectivity index (χ4v) is 10.0. The Bertz CT molecular complexity index is 719. The zero-order valence-corrected chi connectivity index (χ0v) is 17.8. The number of hydrogen-bond donors (Lipinski definition) is 0. The molecule has 0 aromatic heterocycles. The minimum atomic E-state index is -3.23. The first kappa shape index (κ1) is 18.8. The Morgan fingerprint density at radius 1 is 1.08 bits per heavy atom. The number of piperidine rings is 1. The van der Waals surface area contributed by atoms with Crippen molar-refractivity contribution in [2.75, 3.05) is 13.3 Å². The summed E-state index contributed by atoms with van der Waals surface area (Å²) in [5.74, 6) is 1.93. The molecular formula is C21H35NO3S. The van der Waals surface area contributed by atoms with Gasteiger partial charge in [0.2, 0.25) is 5.91 Å². The topological polar surface area (TPSA) is 54.5 Å². The third-order valence-electron chi connectivity index (χ3n) is 9.26. The van der Waals surface area contributed by atoms with Crippen LogP contribution in [-0.4, -0.2) is 43.8 Å². The van der Waals surface area contributed by atoms with Gasteiger partial charge in [-0.15, -0.1) is 0 Å². The molecule has 26 heavy (non-hydrogen) atoms. The maximum Gasteiger partial charge on any atom is 0.222 e. The second-order valence-corrected chi connectivity index (χ2v) is 12.7. The molecule has 1 aliphatic heterocycles. The molecule has 1 saturated heterocycles. The lowest BCUT2D eigenvalue weighted by molar-refractivity contribution is -0.163. The van der Waals surface area contributed by atoms with Crippen LogP contribution >= 0.6 is 0 Å². The van der Waals surface area contributed by atoms with Gasteiger partial charge in [-0.1, -0.05) is 27.2 Å². The molecule has 0 aromatic rings. The van der Waals surface area contributed by atoms with E-state index >= 15 is 0 Å². The molecule has 1 amide bonds. The smallest absolute Gasteiger partial charge is 0.222 e. The molecule has 0 bridgehead atoms. The molecule has 0 N–H and O–H groups in total. The van der Waals surface area contributed by atoms with E-state index in [1.165, 1.54) is 38.4 Å². The maximum absolute atomic E-state index is 13.0. The quantitative estimate of drug-likeness (QED) is 0.698. The largest absolute Gasteiger partial charge is 0.341 e. The Morgan fingerprint density at radius 2 is 1.77 bits per heavy atom. The first-order valence-electron chi connectivity index (χ1n) is 10.5. The molecule has 4 aliphatic rings. The van der Waals surface area contributed by atoms with E-state index in [1.807, 2.05) is 11.9 Å². The van der Waals surface area contributed by atoms with Crippen LogP contribution < -0.4 is 0 Å². The number of amides is 1. The molecule has 3 unspecified atom stereocenters. The van der Waals surface area contributed by atoms with Crippen molar-refractivity contribution in [1.29, 1.82) is 0 Å². The summed E-state index contributed by atoms with van der Waals surface area (Å²) >= 11 is 0. The fraction of sp³-hybridized carbons (Fsp3) is 0.952. The molecule has 0 spiro atoms. The Kier molecular flexibility index (Phi) is 4.12. The zero-order chi connectivity index (χ0) is 19.1. The number of carbonyl (C=O) groups excluding carboxylic acids is 1. The standard InChI is InChI=1S/C21H35NO3S/c1-13-17-14-7-6-10-20(14,2)11-8-15(17)21(3)12-9-16(23)22(4)19(21)18(13)26(5,24)25/h13-15,17-19H,6-12H2,1-5H3/t13?,14-,15+,17-,18?,19?,20-,21+/m0/s1. The lowest BCUT2D eigenvalue weighted by Crippen LogP contribution is -2.70. The van der Waals surface area contributed by atoms with Gasteiger partial charge in [0.05, 0.1) is 11.3 Å². The van der Waals surface area contributed by atoms with Crippen LogP contribution in [-0.2, 0) is 14.6 Å². The Morgan fingerprint density at radius 3 is 2.42 bits per heavy atom. The lowest BCUT2D eigenvalue weighted by atomic mass is 9.45. The lowest BCUT2D eigenvalue weighted by Gasteiger charge is -2.65. The molecule has 4 rings (SSSR count). The second kappa shape index (κ2) is 5.71. The Balaban J connectivity index is 1.85. The van der Waals surface area contributed by atoms with E-state index in [2.05, 4.69) is 20.8 Å². The van der Waals surface area contributed by atoms with Crippen LogP contribution in [0.5, 0.6) is 0 Å². The van der Waals surface area contributed by atoms with E-state index in [0.717, 1.165) is 6.42 Å². The highest BCUT2D eigenvalue weighted by Gasteiger charge is 2.65. The monoisotopic (exact) mass is 381 g/mol. The Hall–Kier alpha value is -0.580. The predicted octanol–water partition coefficient (Wildman–Crippen LogP) is 3.51. The van der Waals surface area contributed by atoms with E-state index < -0.39 is 15.1 Å². The highest BCUT2D eigenvalue weighted by Crippen LogP contribution is 2.66. The zero-order valence-electron chi connectivity index (χ0n) is 17.0. The molecule has 3 saturated carbocycles. The summed E-state index contributed by atoms with van der Waals surface area (Å²) in [5.41, 5.74) is 0.328. The number of likely N-dealkylation sites (tertiary alicyclic amines) is 1. The van der Waals surface area contributed by atoms with E-state index in [9.17, 15) is 13.2 Å². The van der Waals surface area contributed by atoms with Crippen molar-refractivity contribution in [3.05, 3.63) is 0 Å². The molecule has 4 nitrogen and oxygen atoms in total. The summed E-state index contributed by atoms with van der Waals surface area (Å²) in [5, 5.41) is -0.425. The molecule has 8 atom stereocenters. The third kappa shape index (κ3) is 2.37. The summed E-state index contributed by atoms with van der Waals surface area (Å²) in [7, 11) is -1.39. The normalized spacial score (nSPS) is 51.6. The van der Waals surface area contributed by atoms with Crippen LogP contribution in [0.1, 0.15) is 65.7 Å². The average Bonchev–Trinajstić information content (AvgIpc) is 2.93. The van der Waals surface area contributed by atoms with Crippen LogP contribution in [0.3, 0.4) is 0 Å². The van der Waals surface area contributed by atoms with Gasteiger partial charge in [-0.25, -0.2) is 8.42 Å². The predicted molar refractivity (Wildman–Crippen MR) is 103 cm³/mol. The van der Waals surface area contributed by atoms with Gasteiger partial charge in [0, 0.05) is 19.7 Å². The Labute approximate surface area is 159 Å². The molecule has 0 radical (unpaired) electrons. The first-order valence-corrected chi connectivity index (χ1v) is 12.4. The van der Waals surface area contributed by atoms with E-state index in [4.69, 9.17) is 0 Å². The van der Waals surface area contributed by atoms with Crippen molar-refractivity contribution < 1.29 is 13.2 Å². The van der Waals surface area contributed by atoms with Crippen LogP contribution in [0.25, 0.3) is 0 Å². The first-order chi connectivity index (χ1) is 12.0. The van der Waals surface area contributed by atoms with Gasteiger partial charge in [0.1, 0.15) is 0 Å². The van der Waals surface area contributed by atoms with Gasteiger partial charge in [-0.3, -0.25) is 4.79 Å². The van der Waals surface area contributed by atoms with Crippen LogP contribution in [0, 0.1) is 34.5 Å². The number of rotatable bonds is 1.